The molecule has 0 saturated carbocycles. The van der Waals surface area contributed by atoms with E-state index in [-0.39, 0.29) is 4.90 Å². The van der Waals surface area contributed by atoms with E-state index in [9.17, 15) is 8.42 Å². The normalized spacial score (nSPS) is 17.6. The van der Waals surface area contributed by atoms with Crippen molar-refractivity contribution in [3.05, 3.63) is 59.3 Å². The minimum Gasteiger partial charge on any atom is -0.495 e. The summed E-state index contributed by atoms with van der Waals surface area (Å²) < 4.78 is 47.4. The molecule has 0 spiro atoms. The number of fused-ring (bicyclic) bond motifs is 1. The molecule has 1 atom stereocenters. The molecule has 0 amide bonds. The van der Waals surface area contributed by atoms with Crippen LogP contribution in [0.15, 0.2) is 47.5 Å². The van der Waals surface area contributed by atoms with E-state index >= 15 is 0 Å². The van der Waals surface area contributed by atoms with E-state index in [1.165, 1.54) is 3.97 Å². The Morgan fingerprint density at radius 3 is 2.10 bits per heavy atom. The molecule has 0 aliphatic carbocycles. The van der Waals surface area contributed by atoms with Crippen molar-refractivity contribution in [3.63, 3.8) is 0 Å². The van der Waals surface area contributed by atoms with Crippen LogP contribution in [0.1, 0.15) is 78.2 Å². The first kappa shape index (κ1) is 30.4. The zero-order chi connectivity index (χ0) is 29.6. The first-order valence-corrected chi connectivity index (χ1v) is 17.7. The lowest BCUT2D eigenvalue weighted by molar-refractivity contribution is -0.138. The third kappa shape index (κ3) is 5.25. The fraction of sp³-hybridized carbons (Fsp3) is 0.500. The van der Waals surface area contributed by atoms with Gasteiger partial charge in [-0.1, -0.05) is 65.2 Å². The SMILES string of the molecule is COc1ccc(C#C[Si](C(C)C)(C(C)C)C(C)C)c2c(C3COC(C)(C)O3)cn(S(=O)(=O)c3ccc(C)cc3)c12. The van der Waals surface area contributed by atoms with Crippen LogP contribution in [-0.4, -0.2) is 40.0 Å². The predicted octanol–water partition coefficient (Wildman–Crippen LogP) is 7.59. The molecule has 1 aliphatic heterocycles. The molecule has 8 heteroatoms. The summed E-state index contributed by atoms with van der Waals surface area (Å²) in [6.45, 7) is 19.7. The minimum atomic E-state index is -3.95. The molecule has 1 aromatic heterocycles. The summed E-state index contributed by atoms with van der Waals surface area (Å²) in [4.78, 5) is 0.204. The highest BCUT2D eigenvalue weighted by atomic mass is 32.2. The van der Waals surface area contributed by atoms with Crippen LogP contribution < -0.4 is 4.74 Å². The van der Waals surface area contributed by atoms with Crippen LogP contribution in [-0.2, 0) is 19.5 Å². The number of benzene rings is 2. The molecule has 2 aromatic carbocycles. The number of nitrogens with zero attached hydrogens (tertiary/aromatic N) is 1. The van der Waals surface area contributed by atoms with Crippen molar-refractivity contribution >= 4 is 29.0 Å². The van der Waals surface area contributed by atoms with Gasteiger partial charge in [-0.25, -0.2) is 12.4 Å². The van der Waals surface area contributed by atoms with E-state index in [0.29, 0.717) is 34.5 Å². The number of aryl methyl sites for hydroxylation is 1. The second-order valence-corrected chi connectivity index (χ2v) is 19.6. The first-order valence-electron chi connectivity index (χ1n) is 14.0. The van der Waals surface area contributed by atoms with Crippen LogP contribution in [0.25, 0.3) is 10.9 Å². The van der Waals surface area contributed by atoms with Gasteiger partial charge in [0, 0.05) is 22.7 Å². The molecular formula is C32H43NO5SSi. The van der Waals surface area contributed by atoms with E-state index in [1.807, 2.05) is 32.9 Å². The summed E-state index contributed by atoms with van der Waals surface area (Å²) in [5.74, 6) is 3.25. The molecule has 0 radical (unpaired) electrons. The number of hydrogen-bond acceptors (Lipinski definition) is 5. The van der Waals surface area contributed by atoms with Crippen molar-refractivity contribution in [1.82, 2.24) is 3.97 Å². The molecule has 40 heavy (non-hydrogen) atoms. The summed E-state index contributed by atoms with van der Waals surface area (Å²) in [5, 5.41) is 0.730. The Morgan fingerprint density at radius 1 is 1.00 bits per heavy atom. The molecule has 1 fully saturated rings. The van der Waals surface area contributed by atoms with Gasteiger partial charge >= 0.3 is 0 Å². The third-order valence-corrected chi connectivity index (χ3v) is 16.3. The molecule has 2 heterocycles. The number of rotatable bonds is 7. The highest BCUT2D eigenvalue weighted by Gasteiger charge is 2.42. The van der Waals surface area contributed by atoms with E-state index < -0.39 is 30.0 Å². The second-order valence-electron chi connectivity index (χ2n) is 12.2. The summed E-state index contributed by atoms with van der Waals surface area (Å²) in [6, 6.07) is 10.6. The lowest BCUT2D eigenvalue weighted by atomic mass is 10.0. The van der Waals surface area contributed by atoms with E-state index in [1.54, 1.807) is 37.6 Å². The minimum absolute atomic E-state index is 0.204. The Balaban J connectivity index is 2.07. The van der Waals surface area contributed by atoms with Gasteiger partial charge in [0.05, 0.1) is 18.6 Å². The zero-order valence-corrected chi connectivity index (χ0v) is 27.3. The maximum absolute atomic E-state index is 14.1. The molecule has 1 unspecified atom stereocenters. The van der Waals surface area contributed by atoms with E-state index in [2.05, 4.69) is 53.0 Å². The monoisotopic (exact) mass is 581 g/mol. The van der Waals surface area contributed by atoms with Crippen LogP contribution >= 0.6 is 0 Å². The van der Waals surface area contributed by atoms with Crippen LogP contribution in [0, 0.1) is 18.4 Å². The largest absolute Gasteiger partial charge is 0.495 e. The fourth-order valence-electron chi connectivity index (χ4n) is 6.31. The summed E-state index contributed by atoms with van der Waals surface area (Å²) in [5.41, 5.74) is 8.16. The predicted molar refractivity (Wildman–Crippen MR) is 164 cm³/mol. The lowest BCUT2D eigenvalue weighted by Crippen LogP contribution is -2.43. The van der Waals surface area contributed by atoms with Gasteiger partial charge in [0.25, 0.3) is 10.0 Å². The second kappa shape index (κ2) is 11.0. The number of methoxy groups -OCH3 is 1. The third-order valence-electron chi connectivity index (χ3n) is 8.34. The van der Waals surface area contributed by atoms with E-state index in [4.69, 9.17) is 14.2 Å². The topological polar surface area (TPSA) is 66.8 Å². The summed E-state index contributed by atoms with van der Waals surface area (Å²) >= 11 is 0. The molecule has 4 rings (SSSR count). The maximum atomic E-state index is 14.1. The molecule has 1 saturated heterocycles. The van der Waals surface area contributed by atoms with Gasteiger partial charge in [0.15, 0.2) is 5.79 Å². The van der Waals surface area contributed by atoms with Crippen molar-refractivity contribution in [2.75, 3.05) is 13.7 Å². The Bertz CT molecular complexity index is 1530. The van der Waals surface area contributed by atoms with Crippen molar-refractivity contribution in [2.45, 2.75) is 95.7 Å². The van der Waals surface area contributed by atoms with Gasteiger partial charge in [0.2, 0.25) is 0 Å². The molecule has 0 bridgehead atoms. The van der Waals surface area contributed by atoms with Gasteiger partial charge in [-0.05, 0) is 61.7 Å². The molecular weight excluding hydrogens is 539 g/mol. The Hall–Kier alpha value is -2.57. The Labute approximate surface area is 241 Å². The molecule has 6 nitrogen and oxygen atoms in total. The molecule has 0 N–H and O–H groups in total. The van der Waals surface area contributed by atoms with Crippen molar-refractivity contribution in [3.8, 4) is 17.2 Å². The highest BCUT2D eigenvalue weighted by molar-refractivity contribution is 7.90. The van der Waals surface area contributed by atoms with Gasteiger partial charge < -0.3 is 14.2 Å². The van der Waals surface area contributed by atoms with Crippen molar-refractivity contribution in [2.24, 2.45) is 0 Å². The Morgan fingerprint density at radius 2 is 1.60 bits per heavy atom. The number of hydrogen-bond donors (Lipinski definition) is 0. The number of aromatic nitrogens is 1. The average molecular weight is 582 g/mol. The Kier molecular flexibility index (Phi) is 8.37. The van der Waals surface area contributed by atoms with Gasteiger partial charge in [-0.15, -0.1) is 5.54 Å². The smallest absolute Gasteiger partial charge is 0.268 e. The van der Waals surface area contributed by atoms with Crippen molar-refractivity contribution < 1.29 is 22.6 Å². The fourth-order valence-corrected chi connectivity index (χ4v) is 12.9. The molecule has 216 valence electrons. The van der Waals surface area contributed by atoms with Crippen LogP contribution in [0.5, 0.6) is 5.75 Å². The van der Waals surface area contributed by atoms with Gasteiger partial charge in [-0.2, -0.15) is 0 Å². The van der Waals surface area contributed by atoms with Crippen LogP contribution in [0.3, 0.4) is 0 Å². The van der Waals surface area contributed by atoms with Crippen LogP contribution in [0.4, 0.5) is 0 Å². The summed E-state index contributed by atoms with van der Waals surface area (Å²) in [7, 11) is -4.45. The number of ether oxygens (including phenoxy) is 3. The van der Waals surface area contributed by atoms with Gasteiger partial charge in [-0.3, -0.25) is 0 Å². The summed E-state index contributed by atoms with van der Waals surface area (Å²) in [6.07, 6.45) is 1.21. The van der Waals surface area contributed by atoms with Crippen LogP contribution in [0.2, 0.25) is 16.6 Å². The van der Waals surface area contributed by atoms with Crippen molar-refractivity contribution in [1.29, 1.82) is 0 Å². The molecule has 1 aliphatic rings. The highest BCUT2D eigenvalue weighted by Crippen LogP contribution is 2.43. The molecule has 3 aromatic rings. The zero-order valence-electron chi connectivity index (χ0n) is 25.5. The maximum Gasteiger partial charge on any atom is 0.268 e. The average Bonchev–Trinajstić information content (AvgIpc) is 3.45. The lowest BCUT2D eigenvalue weighted by Gasteiger charge is -2.38. The van der Waals surface area contributed by atoms with Gasteiger partial charge in [0.1, 0.15) is 25.4 Å². The standard InChI is InChI=1S/C32H43NO5SSi/c1-21(2)40(22(3)4,23(5)6)18-17-25-13-16-28(36-10)31-30(25)27(29-20-37-32(8,9)38-29)19-33(31)39(34,35)26-14-11-24(7)12-15-26/h11-16,19,21-23,29H,20H2,1-10H3. The van der Waals surface area contributed by atoms with E-state index in [0.717, 1.165) is 22.1 Å². The first-order chi connectivity index (χ1) is 18.7. The quantitative estimate of drug-likeness (QED) is 0.212.